The topological polar surface area (TPSA) is 4.36 Å². The predicted molar refractivity (Wildman–Crippen MR) is 72.5 cm³/mol. The molecule has 0 aromatic rings. The summed E-state index contributed by atoms with van der Waals surface area (Å²) in [6.07, 6.45) is 7.31. The summed E-state index contributed by atoms with van der Waals surface area (Å²) in [5, 5.41) is 0. The highest BCUT2D eigenvalue weighted by Crippen LogP contribution is 2.50. The lowest BCUT2D eigenvalue weighted by Gasteiger charge is -2.26. The van der Waals surface area contributed by atoms with Crippen molar-refractivity contribution in [3.05, 3.63) is 23.1 Å². The Morgan fingerprint density at radius 3 is 2.71 bits per heavy atom. The lowest BCUT2D eigenvalue weighted by atomic mass is 9.77. The van der Waals surface area contributed by atoms with Gasteiger partial charge in [-0.05, 0) is 37.0 Å². The molecule has 2 aliphatic rings. The summed E-state index contributed by atoms with van der Waals surface area (Å²) in [6, 6.07) is 0. The first-order valence-corrected chi connectivity index (χ1v) is 7.07. The first-order chi connectivity index (χ1) is 7.98. The number of nitrogens with zero attached hydrogens (tertiary/aromatic N) is 1. The molecule has 2 aliphatic carbocycles. The van der Waals surface area contributed by atoms with E-state index in [-0.39, 0.29) is 5.54 Å². The van der Waals surface area contributed by atoms with Crippen LogP contribution in [0.2, 0.25) is 0 Å². The van der Waals surface area contributed by atoms with Gasteiger partial charge in [0, 0.05) is 19.3 Å². The van der Waals surface area contributed by atoms with Gasteiger partial charge >= 0.3 is 0 Å². The largest absolute Gasteiger partial charge is 0.310 e. The minimum absolute atomic E-state index is 0.109. The molecule has 0 aromatic carbocycles. The average molecular weight is 231 g/mol. The summed E-state index contributed by atoms with van der Waals surface area (Å²) in [5.41, 5.74) is 1.49. The van der Waals surface area contributed by atoms with E-state index < -0.39 is 0 Å². The van der Waals surface area contributed by atoms with Crippen molar-refractivity contribution in [3.63, 3.8) is 0 Å². The van der Waals surface area contributed by atoms with Crippen molar-refractivity contribution in [2.45, 2.75) is 58.9 Å². The van der Waals surface area contributed by atoms with Crippen LogP contribution >= 0.6 is 0 Å². The van der Waals surface area contributed by atoms with Gasteiger partial charge in [0.25, 0.3) is 0 Å². The molecule has 0 aromatic heterocycles. The number of rotatable bonds is 1. The van der Waals surface area contributed by atoms with Crippen molar-refractivity contribution in [3.8, 4) is 0 Å². The molecule has 1 saturated carbocycles. The van der Waals surface area contributed by atoms with Crippen LogP contribution in [0.15, 0.2) is 11.6 Å². The van der Waals surface area contributed by atoms with Crippen LogP contribution in [0.5, 0.6) is 0 Å². The third kappa shape index (κ3) is 2.15. The van der Waals surface area contributed by atoms with Crippen LogP contribution in [0.1, 0.15) is 53.4 Å². The first-order valence-electron chi connectivity index (χ1n) is 7.07. The maximum absolute atomic E-state index is 7.58. The summed E-state index contributed by atoms with van der Waals surface area (Å²) < 4.78 is 0. The van der Waals surface area contributed by atoms with Crippen LogP contribution in [-0.4, -0.2) is 5.54 Å². The molecular formula is C16H25N. The summed E-state index contributed by atoms with van der Waals surface area (Å²) >= 11 is 0. The van der Waals surface area contributed by atoms with Crippen molar-refractivity contribution < 1.29 is 0 Å². The Balaban J connectivity index is 2.35. The minimum Gasteiger partial charge on any atom is -0.310 e. The van der Waals surface area contributed by atoms with Gasteiger partial charge in [0.2, 0.25) is 5.54 Å². The molecule has 1 heteroatoms. The van der Waals surface area contributed by atoms with Crippen LogP contribution in [0.4, 0.5) is 0 Å². The van der Waals surface area contributed by atoms with E-state index in [1.807, 2.05) is 0 Å². The first kappa shape index (κ1) is 12.7. The van der Waals surface area contributed by atoms with Gasteiger partial charge < -0.3 is 4.85 Å². The second-order valence-electron chi connectivity index (χ2n) is 6.60. The number of hydrogen-bond donors (Lipinski definition) is 0. The third-order valence-corrected chi connectivity index (χ3v) is 5.18. The maximum atomic E-state index is 7.58. The van der Waals surface area contributed by atoms with Crippen LogP contribution in [0.3, 0.4) is 0 Å². The van der Waals surface area contributed by atoms with E-state index >= 15 is 0 Å². The molecule has 4 atom stereocenters. The monoisotopic (exact) mass is 231 g/mol. The molecule has 0 spiro atoms. The van der Waals surface area contributed by atoms with Crippen LogP contribution in [0, 0.1) is 30.2 Å². The van der Waals surface area contributed by atoms with Gasteiger partial charge in [0.15, 0.2) is 0 Å². The quantitative estimate of drug-likeness (QED) is 0.455. The average Bonchev–Trinajstić information content (AvgIpc) is 2.57. The molecule has 0 N–H and O–H groups in total. The van der Waals surface area contributed by atoms with E-state index in [9.17, 15) is 0 Å². The second-order valence-corrected chi connectivity index (χ2v) is 6.60. The normalized spacial score (nSPS) is 41.6. The lowest BCUT2D eigenvalue weighted by Crippen LogP contribution is -2.33. The van der Waals surface area contributed by atoms with E-state index in [0.29, 0.717) is 17.8 Å². The van der Waals surface area contributed by atoms with E-state index in [2.05, 4.69) is 38.6 Å². The van der Waals surface area contributed by atoms with Gasteiger partial charge in [-0.25, -0.2) is 6.57 Å². The molecule has 0 unspecified atom stereocenters. The van der Waals surface area contributed by atoms with Crippen molar-refractivity contribution in [2.75, 3.05) is 0 Å². The molecule has 0 amide bonds. The van der Waals surface area contributed by atoms with Crippen LogP contribution in [-0.2, 0) is 0 Å². The molecular weight excluding hydrogens is 206 g/mol. The summed E-state index contributed by atoms with van der Waals surface area (Å²) in [5.74, 6) is 2.68. The fourth-order valence-corrected chi connectivity index (χ4v) is 3.76. The van der Waals surface area contributed by atoms with Gasteiger partial charge in [-0.2, -0.15) is 0 Å². The number of allylic oxidation sites excluding steroid dienone is 2. The molecule has 1 nitrogen and oxygen atoms in total. The molecule has 0 heterocycles. The Morgan fingerprint density at radius 2 is 2.12 bits per heavy atom. The van der Waals surface area contributed by atoms with E-state index in [0.717, 1.165) is 18.8 Å². The molecule has 0 saturated heterocycles. The molecule has 0 aliphatic heterocycles. The summed E-state index contributed by atoms with van der Waals surface area (Å²) in [7, 11) is 0. The van der Waals surface area contributed by atoms with Crippen LogP contribution < -0.4 is 0 Å². The zero-order valence-electron chi connectivity index (χ0n) is 11.7. The number of hydrogen-bond acceptors (Lipinski definition) is 0. The smallest absolute Gasteiger partial charge is 0.233 e. The zero-order chi connectivity index (χ0) is 12.6. The van der Waals surface area contributed by atoms with Crippen LogP contribution in [0.25, 0.3) is 4.85 Å². The van der Waals surface area contributed by atoms with E-state index in [1.165, 1.54) is 12.8 Å². The fourth-order valence-electron chi connectivity index (χ4n) is 3.76. The molecule has 17 heavy (non-hydrogen) atoms. The van der Waals surface area contributed by atoms with E-state index in [1.54, 1.807) is 5.57 Å². The van der Waals surface area contributed by atoms with Crippen molar-refractivity contribution in [2.24, 2.45) is 23.7 Å². The highest BCUT2D eigenvalue weighted by molar-refractivity contribution is 5.19. The standard InChI is InChI=1S/C16H25N/c1-11(2)13-8-9-16(4,17-5)15-7-6-12(3)14(15)10-13/h10-12,14-15H,6-9H2,1-4H3/t12-,14-,15-,16-/m0/s1. The second kappa shape index (κ2) is 4.48. The highest BCUT2D eigenvalue weighted by atomic mass is 14.8. The summed E-state index contributed by atoms with van der Waals surface area (Å²) in [6.45, 7) is 16.7. The fraction of sp³-hybridized carbons (Fsp3) is 0.812. The molecule has 0 bridgehead atoms. The van der Waals surface area contributed by atoms with Gasteiger partial charge in [-0.1, -0.05) is 32.4 Å². The Morgan fingerprint density at radius 1 is 1.41 bits per heavy atom. The molecule has 94 valence electrons. The van der Waals surface area contributed by atoms with E-state index in [4.69, 9.17) is 6.57 Å². The molecule has 2 rings (SSSR count). The van der Waals surface area contributed by atoms with Crippen molar-refractivity contribution >= 4 is 0 Å². The van der Waals surface area contributed by atoms with Crippen molar-refractivity contribution in [1.29, 1.82) is 0 Å². The lowest BCUT2D eigenvalue weighted by molar-refractivity contribution is 0.280. The number of fused-ring (bicyclic) bond motifs is 1. The van der Waals surface area contributed by atoms with Crippen molar-refractivity contribution in [1.82, 2.24) is 0 Å². The van der Waals surface area contributed by atoms with Gasteiger partial charge in [-0.3, -0.25) is 0 Å². The summed E-state index contributed by atoms with van der Waals surface area (Å²) in [4.78, 5) is 4.03. The highest BCUT2D eigenvalue weighted by Gasteiger charge is 2.50. The Labute approximate surface area is 106 Å². The minimum atomic E-state index is -0.109. The Hall–Kier alpha value is -0.770. The Kier molecular flexibility index (Phi) is 3.34. The Bertz CT molecular complexity index is 360. The zero-order valence-corrected chi connectivity index (χ0v) is 11.7. The van der Waals surface area contributed by atoms with Gasteiger partial charge in [-0.15, -0.1) is 0 Å². The third-order valence-electron chi connectivity index (χ3n) is 5.18. The van der Waals surface area contributed by atoms with Gasteiger partial charge in [0.1, 0.15) is 0 Å². The maximum Gasteiger partial charge on any atom is 0.233 e. The molecule has 0 radical (unpaired) electrons. The SMILES string of the molecule is [C-]#[N+][C@@]1(C)CCC(C(C)C)=C[C@H]2[C@@H](C)CC[C@@H]21. The predicted octanol–water partition coefficient (Wildman–Crippen LogP) is 4.70. The molecule has 1 fully saturated rings. The van der Waals surface area contributed by atoms with Gasteiger partial charge in [0.05, 0.1) is 0 Å².